The molecule has 0 saturated heterocycles. The molecule has 0 aromatic heterocycles. The van der Waals surface area contributed by atoms with Crippen LogP contribution in [0.4, 0.5) is 0 Å². The predicted molar refractivity (Wildman–Crippen MR) is 90.7 cm³/mol. The second-order valence-corrected chi connectivity index (χ2v) is 5.45. The van der Waals surface area contributed by atoms with Crippen molar-refractivity contribution in [1.82, 2.24) is 10.2 Å². The van der Waals surface area contributed by atoms with Crippen molar-refractivity contribution in [2.75, 3.05) is 7.05 Å². The molecular weight excluding hydrogens is 288 g/mol. The van der Waals surface area contributed by atoms with Crippen LogP contribution in [0.3, 0.4) is 0 Å². The van der Waals surface area contributed by atoms with Crippen LogP contribution in [0.15, 0.2) is 60.7 Å². The molecule has 0 spiro atoms. The van der Waals surface area contributed by atoms with Crippen LogP contribution in [0.25, 0.3) is 0 Å². The molecule has 0 aliphatic carbocycles. The highest BCUT2D eigenvalue weighted by Gasteiger charge is 2.27. The molecule has 0 bridgehead atoms. The van der Waals surface area contributed by atoms with Crippen molar-refractivity contribution in [2.24, 2.45) is 0 Å². The number of carbonyl (C=O) groups is 2. The number of hydrogen-bond acceptors (Lipinski definition) is 2. The van der Waals surface area contributed by atoms with Gasteiger partial charge in [0.2, 0.25) is 11.8 Å². The minimum atomic E-state index is -0.528. The SMILES string of the molecule is CNC(=O)[C@H](Cc1ccccc1)N(Cc1ccccc1)C(C)=O. The maximum absolute atomic E-state index is 12.3. The van der Waals surface area contributed by atoms with Crippen LogP contribution in [-0.2, 0) is 22.6 Å². The average molecular weight is 310 g/mol. The zero-order chi connectivity index (χ0) is 16.7. The number of likely N-dealkylation sites (N-methyl/N-ethyl adjacent to an activating group) is 1. The van der Waals surface area contributed by atoms with Crippen LogP contribution < -0.4 is 5.32 Å². The van der Waals surface area contributed by atoms with Crippen LogP contribution in [-0.4, -0.2) is 29.8 Å². The van der Waals surface area contributed by atoms with Crippen molar-refractivity contribution in [3.63, 3.8) is 0 Å². The summed E-state index contributed by atoms with van der Waals surface area (Å²) in [6.07, 6.45) is 0.493. The zero-order valence-electron chi connectivity index (χ0n) is 13.5. The summed E-state index contributed by atoms with van der Waals surface area (Å²) in [4.78, 5) is 26.1. The molecule has 4 nitrogen and oxygen atoms in total. The minimum absolute atomic E-state index is 0.113. The van der Waals surface area contributed by atoms with Crippen LogP contribution in [0.2, 0.25) is 0 Å². The highest BCUT2D eigenvalue weighted by Crippen LogP contribution is 2.14. The van der Waals surface area contributed by atoms with Gasteiger partial charge in [-0.1, -0.05) is 60.7 Å². The van der Waals surface area contributed by atoms with E-state index in [1.54, 1.807) is 11.9 Å². The third kappa shape index (κ3) is 4.68. The lowest BCUT2D eigenvalue weighted by Gasteiger charge is -2.30. The van der Waals surface area contributed by atoms with E-state index in [1.165, 1.54) is 6.92 Å². The molecule has 2 amide bonds. The summed E-state index contributed by atoms with van der Waals surface area (Å²) < 4.78 is 0. The van der Waals surface area contributed by atoms with Crippen LogP contribution in [0.1, 0.15) is 18.1 Å². The molecule has 2 aromatic rings. The fourth-order valence-corrected chi connectivity index (χ4v) is 2.57. The van der Waals surface area contributed by atoms with Gasteiger partial charge in [0.1, 0.15) is 6.04 Å². The molecule has 4 heteroatoms. The average Bonchev–Trinajstić information content (AvgIpc) is 2.59. The fraction of sp³-hybridized carbons (Fsp3) is 0.263. The number of hydrogen-bond donors (Lipinski definition) is 1. The maximum Gasteiger partial charge on any atom is 0.242 e. The van der Waals surface area contributed by atoms with Gasteiger partial charge in [0.15, 0.2) is 0 Å². The first-order valence-corrected chi connectivity index (χ1v) is 7.68. The largest absolute Gasteiger partial charge is 0.357 e. The van der Waals surface area contributed by atoms with E-state index >= 15 is 0 Å². The normalized spacial score (nSPS) is 11.6. The van der Waals surface area contributed by atoms with Gasteiger partial charge >= 0.3 is 0 Å². The number of benzene rings is 2. The van der Waals surface area contributed by atoms with Gasteiger partial charge in [-0.2, -0.15) is 0 Å². The first kappa shape index (κ1) is 16.7. The molecule has 1 atom stereocenters. The number of nitrogens with zero attached hydrogens (tertiary/aromatic N) is 1. The van der Waals surface area contributed by atoms with E-state index in [2.05, 4.69) is 5.32 Å². The number of nitrogens with one attached hydrogen (secondary N) is 1. The van der Waals surface area contributed by atoms with Crippen molar-refractivity contribution >= 4 is 11.8 Å². The number of amides is 2. The Bertz CT molecular complexity index is 641. The molecule has 1 N–H and O–H groups in total. The maximum atomic E-state index is 12.3. The summed E-state index contributed by atoms with van der Waals surface area (Å²) in [6.45, 7) is 1.92. The summed E-state index contributed by atoms with van der Waals surface area (Å²) in [5, 5.41) is 2.67. The molecule has 0 saturated carbocycles. The molecule has 0 heterocycles. The zero-order valence-corrected chi connectivity index (χ0v) is 13.5. The molecule has 0 fully saturated rings. The molecule has 23 heavy (non-hydrogen) atoms. The first-order valence-electron chi connectivity index (χ1n) is 7.68. The van der Waals surface area contributed by atoms with E-state index in [0.717, 1.165) is 11.1 Å². The first-order chi connectivity index (χ1) is 11.1. The molecule has 0 unspecified atom stereocenters. The van der Waals surface area contributed by atoms with Crippen molar-refractivity contribution in [2.45, 2.75) is 25.9 Å². The Morgan fingerprint density at radius 3 is 1.96 bits per heavy atom. The van der Waals surface area contributed by atoms with E-state index in [-0.39, 0.29) is 11.8 Å². The Morgan fingerprint density at radius 1 is 0.957 bits per heavy atom. The van der Waals surface area contributed by atoms with Crippen molar-refractivity contribution < 1.29 is 9.59 Å². The van der Waals surface area contributed by atoms with Gasteiger partial charge in [0.05, 0.1) is 0 Å². The summed E-state index contributed by atoms with van der Waals surface area (Å²) in [5.41, 5.74) is 2.03. The predicted octanol–water partition coefficient (Wildman–Crippen LogP) is 2.39. The van der Waals surface area contributed by atoms with Crippen molar-refractivity contribution in [1.29, 1.82) is 0 Å². The molecule has 0 aliphatic rings. The van der Waals surface area contributed by atoms with Crippen LogP contribution in [0, 0.1) is 0 Å². The minimum Gasteiger partial charge on any atom is -0.357 e. The van der Waals surface area contributed by atoms with E-state index in [1.807, 2.05) is 60.7 Å². The van der Waals surface area contributed by atoms with Gasteiger partial charge in [-0.15, -0.1) is 0 Å². The lowest BCUT2D eigenvalue weighted by atomic mass is 10.0. The van der Waals surface area contributed by atoms with Gasteiger partial charge in [-0.3, -0.25) is 9.59 Å². The van der Waals surface area contributed by atoms with E-state index in [9.17, 15) is 9.59 Å². The lowest BCUT2D eigenvalue weighted by Crippen LogP contribution is -2.49. The molecule has 0 aliphatic heterocycles. The summed E-state index contributed by atoms with van der Waals surface area (Å²) in [7, 11) is 1.60. The Kier molecular flexibility index (Phi) is 5.92. The smallest absolute Gasteiger partial charge is 0.242 e. The van der Waals surface area contributed by atoms with E-state index in [4.69, 9.17) is 0 Å². The number of rotatable bonds is 6. The topological polar surface area (TPSA) is 49.4 Å². The molecule has 2 aromatic carbocycles. The summed E-state index contributed by atoms with van der Waals surface area (Å²) in [5.74, 6) is -0.265. The van der Waals surface area contributed by atoms with Gasteiger partial charge in [0.25, 0.3) is 0 Å². The van der Waals surface area contributed by atoms with Crippen molar-refractivity contribution in [3.8, 4) is 0 Å². The van der Waals surface area contributed by atoms with E-state index in [0.29, 0.717) is 13.0 Å². The van der Waals surface area contributed by atoms with Gasteiger partial charge < -0.3 is 10.2 Å². The standard InChI is InChI=1S/C19H22N2O2/c1-15(22)21(14-17-11-7-4-8-12-17)18(19(23)20-2)13-16-9-5-3-6-10-16/h3-12,18H,13-14H2,1-2H3,(H,20,23)/t18-/m0/s1. The monoisotopic (exact) mass is 310 g/mol. The number of carbonyl (C=O) groups excluding carboxylic acids is 2. The summed E-state index contributed by atoms with van der Waals surface area (Å²) >= 11 is 0. The van der Waals surface area contributed by atoms with Gasteiger partial charge in [0, 0.05) is 26.9 Å². The quantitative estimate of drug-likeness (QED) is 0.890. The Hall–Kier alpha value is -2.62. The third-order valence-electron chi connectivity index (χ3n) is 3.80. The second kappa shape index (κ2) is 8.13. The van der Waals surface area contributed by atoms with Crippen molar-refractivity contribution in [3.05, 3.63) is 71.8 Å². The fourth-order valence-electron chi connectivity index (χ4n) is 2.57. The van der Waals surface area contributed by atoms with Crippen LogP contribution in [0.5, 0.6) is 0 Å². The Labute approximate surface area is 137 Å². The van der Waals surface area contributed by atoms with Gasteiger partial charge in [-0.05, 0) is 11.1 Å². The highest BCUT2D eigenvalue weighted by atomic mass is 16.2. The molecule has 2 rings (SSSR count). The highest BCUT2D eigenvalue weighted by molar-refractivity contribution is 5.87. The van der Waals surface area contributed by atoms with E-state index < -0.39 is 6.04 Å². The lowest BCUT2D eigenvalue weighted by molar-refractivity contribution is -0.139. The van der Waals surface area contributed by atoms with Crippen LogP contribution >= 0.6 is 0 Å². The molecule has 120 valence electrons. The third-order valence-corrected chi connectivity index (χ3v) is 3.80. The Balaban J connectivity index is 2.26. The molecule has 0 radical (unpaired) electrons. The second-order valence-electron chi connectivity index (χ2n) is 5.45. The Morgan fingerprint density at radius 2 is 1.48 bits per heavy atom. The molecular formula is C19H22N2O2. The van der Waals surface area contributed by atoms with Gasteiger partial charge in [-0.25, -0.2) is 0 Å². The summed E-state index contributed by atoms with van der Waals surface area (Å²) in [6, 6.07) is 18.9.